The first-order valence-electron chi connectivity index (χ1n) is 0.730. The van der Waals surface area contributed by atoms with Gasteiger partial charge >= 0.3 is 67.3 Å². The van der Waals surface area contributed by atoms with Crippen molar-refractivity contribution in [1.29, 1.82) is 0 Å². The molecule has 1 radical (unpaired) electrons. The van der Waals surface area contributed by atoms with Gasteiger partial charge in [0.15, 0.2) is 0 Å². The van der Waals surface area contributed by atoms with Crippen molar-refractivity contribution >= 4 is 45.6 Å². The van der Waals surface area contributed by atoms with E-state index in [1.54, 1.807) is 0 Å². The van der Waals surface area contributed by atoms with Gasteiger partial charge in [-0.1, -0.05) is 0 Å². The zero-order valence-electron chi connectivity index (χ0n) is 4.09. The van der Waals surface area contributed by atoms with Crippen molar-refractivity contribution in [2.24, 2.45) is 0 Å². The van der Waals surface area contributed by atoms with Crippen molar-refractivity contribution in [1.82, 2.24) is 0 Å². The molecule has 0 spiro atoms. The molecule has 0 aliphatic carbocycles. The van der Waals surface area contributed by atoms with Gasteiger partial charge in [0.25, 0.3) is 0 Å². The molecule has 0 aromatic rings. The van der Waals surface area contributed by atoms with Crippen LogP contribution in [0.15, 0.2) is 0 Å². The van der Waals surface area contributed by atoms with Gasteiger partial charge < -0.3 is 19.2 Å². The van der Waals surface area contributed by atoms with Crippen LogP contribution in [-0.4, -0.2) is 37.7 Å². The minimum absolute atomic E-state index is 0. The molecule has 0 rings (SSSR count). The fraction of sp³-hybridized carbons (Fsp3) is 0. The van der Waals surface area contributed by atoms with Crippen molar-refractivity contribution in [2.75, 3.05) is 0 Å². The number of hydrogen-bond donors (Lipinski definition) is 0. The topological polar surface area (TPSA) is 86.2 Å². The van der Waals surface area contributed by atoms with E-state index < -0.39 is 7.82 Å². The monoisotopic (exact) mass is 221 g/mol. The standard InChI is InChI=1S/Ca.Cu.Na.H3O4P/c;;;1-5(2,3)4/h;;;(H3,1,2,3,4)/q+2;;+1;/p-3. The molecule has 0 heterocycles. The van der Waals surface area contributed by atoms with Crippen LogP contribution in [0.3, 0.4) is 0 Å². The van der Waals surface area contributed by atoms with Crippen molar-refractivity contribution < 1.29 is 65.9 Å². The molecule has 0 aromatic carbocycles. The van der Waals surface area contributed by atoms with E-state index in [2.05, 4.69) is 0 Å². The number of rotatable bonds is 0. The predicted molar refractivity (Wildman–Crippen MR) is 13.4 cm³/mol. The van der Waals surface area contributed by atoms with Crippen LogP contribution in [0.1, 0.15) is 0 Å². The van der Waals surface area contributed by atoms with Crippen LogP contribution in [0, 0.1) is 0 Å². The molecule has 0 unspecified atom stereocenters. The van der Waals surface area contributed by atoms with Crippen LogP contribution in [0.2, 0.25) is 0 Å². The third-order valence-electron chi connectivity index (χ3n) is 0. The first-order valence-corrected chi connectivity index (χ1v) is 2.19. The van der Waals surface area contributed by atoms with Gasteiger partial charge in [-0.2, -0.15) is 7.82 Å². The normalized spacial score (nSPS) is 7.38. The molecule has 0 saturated heterocycles. The minimum Gasteiger partial charge on any atom is -0.822 e. The summed E-state index contributed by atoms with van der Waals surface area (Å²) in [4.78, 5) is 25.6. The SMILES string of the molecule is O=P([O-])([O-])[O-].[Ca+2].[Cu].[Na+]. The third-order valence-corrected chi connectivity index (χ3v) is 0. The molecular formula is CaCuNaO4P. The van der Waals surface area contributed by atoms with Crippen LogP contribution in [-0.2, 0) is 21.6 Å². The zero-order valence-corrected chi connectivity index (χ0v) is 10.1. The van der Waals surface area contributed by atoms with Gasteiger partial charge in [0.05, 0.1) is 0 Å². The Bertz CT molecular complexity index is 62.2. The number of phosphoric acid groups is 1. The second-order valence-electron chi connectivity index (χ2n) is 0.447. The Morgan fingerprint density at radius 3 is 1.12 bits per heavy atom. The smallest absolute Gasteiger partial charge is 0.822 e. The molecule has 0 aliphatic rings. The summed E-state index contributed by atoms with van der Waals surface area (Å²) in [5, 5.41) is 0. The average Bonchev–Trinajstić information content (AvgIpc) is 0.722. The minimum atomic E-state index is -5.39. The van der Waals surface area contributed by atoms with Gasteiger partial charge in [-0.15, -0.1) is 0 Å². The predicted octanol–water partition coefficient (Wildman–Crippen LogP) is -6.20. The van der Waals surface area contributed by atoms with Crippen LogP contribution in [0.5, 0.6) is 0 Å². The van der Waals surface area contributed by atoms with Gasteiger partial charge in [0, 0.05) is 17.1 Å². The summed E-state index contributed by atoms with van der Waals surface area (Å²) < 4.78 is 8.55. The van der Waals surface area contributed by atoms with E-state index >= 15 is 0 Å². The number of hydrogen-bond acceptors (Lipinski definition) is 4. The van der Waals surface area contributed by atoms with Crippen LogP contribution >= 0.6 is 7.82 Å². The van der Waals surface area contributed by atoms with E-state index in [9.17, 15) is 0 Å². The summed E-state index contributed by atoms with van der Waals surface area (Å²) in [5.74, 6) is 0. The Hall–Kier alpha value is 2.89. The van der Waals surface area contributed by atoms with Gasteiger partial charge in [0.1, 0.15) is 0 Å². The van der Waals surface area contributed by atoms with Crippen molar-refractivity contribution in [3.8, 4) is 0 Å². The molecule has 0 bridgehead atoms. The molecule has 0 aliphatic heterocycles. The molecule has 0 atom stereocenters. The maximum Gasteiger partial charge on any atom is 2.00 e. The van der Waals surface area contributed by atoms with E-state index in [0.717, 1.165) is 0 Å². The summed E-state index contributed by atoms with van der Waals surface area (Å²) in [5.41, 5.74) is 0. The molecule has 43 valence electrons. The van der Waals surface area contributed by atoms with Crippen LogP contribution < -0.4 is 44.2 Å². The summed E-state index contributed by atoms with van der Waals surface area (Å²) in [6.45, 7) is 0. The Labute approximate surface area is 109 Å². The maximum absolute atomic E-state index is 8.55. The molecule has 8 heteroatoms. The zero-order chi connectivity index (χ0) is 4.50. The van der Waals surface area contributed by atoms with Gasteiger partial charge in [-0.05, 0) is 0 Å². The van der Waals surface area contributed by atoms with E-state index in [1.807, 2.05) is 0 Å². The van der Waals surface area contributed by atoms with Crippen molar-refractivity contribution in [2.45, 2.75) is 0 Å². The van der Waals surface area contributed by atoms with Crippen LogP contribution in [0.25, 0.3) is 0 Å². The van der Waals surface area contributed by atoms with Crippen molar-refractivity contribution in [3.63, 3.8) is 0 Å². The Morgan fingerprint density at radius 2 is 1.12 bits per heavy atom. The molecule has 0 saturated carbocycles. The van der Waals surface area contributed by atoms with E-state index in [1.165, 1.54) is 0 Å². The first kappa shape index (κ1) is 22.4. The molecule has 4 nitrogen and oxygen atoms in total. The second kappa shape index (κ2) is 9.89. The molecule has 0 amide bonds. The largest absolute Gasteiger partial charge is 2.00 e. The summed E-state index contributed by atoms with van der Waals surface area (Å²) >= 11 is 0. The van der Waals surface area contributed by atoms with E-state index in [-0.39, 0.29) is 84.4 Å². The van der Waals surface area contributed by atoms with Gasteiger partial charge in [-0.25, -0.2) is 0 Å². The van der Waals surface area contributed by atoms with Gasteiger partial charge in [0.2, 0.25) is 0 Å². The average molecular weight is 222 g/mol. The Morgan fingerprint density at radius 1 is 1.12 bits per heavy atom. The molecule has 0 aromatic heterocycles. The first-order chi connectivity index (χ1) is 2.00. The summed E-state index contributed by atoms with van der Waals surface area (Å²) in [6.07, 6.45) is 0. The molecular weight excluding hydrogens is 222 g/mol. The second-order valence-corrected chi connectivity index (χ2v) is 1.34. The summed E-state index contributed by atoms with van der Waals surface area (Å²) in [6, 6.07) is 0. The fourth-order valence-corrected chi connectivity index (χ4v) is 0. The molecule has 0 fully saturated rings. The molecule has 8 heavy (non-hydrogen) atoms. The summed E-state index contributed by atoms with van der Waals surface area (Å²) in [7, 11) is -5.39. The Balaban J connectivity index is -0.0000000267. The van der Waals surface area contributed by atoms with Gasteiger partial charge in [-0.3, -0.25) is 0 Å². The maximum atomic E-state index is 8.55. The van der Waals surface area contributed by atoms with Crippen LogP contribution in [0.4, 0.5) is 0 Å². The van der Waals surface area contributed by atoms with E-state index in [0.29, 0.717) is 0 Å². The molecule has 0 N–H and O–H groups in total. The fourth-order valence-electron chi connectivity index (χ4n) is 0. The quantitative estimate of drug-likeness (QED) is 0.301. The Kier molecular flexibility index (Phi) is 27.7. The van der Waals surface area contributed by atoms with Crippen molar-refractivity contribution in [3.05, 3.63) is 0 Å². The third kappa shape index (κ3) is 66.3. The van der Waals surface area contributed by atoms with E-state index in [4.69, 9.17) is 19.2 Å².